The zero-order valence-electron chi connectivity index (χ0n) is 8.81. The molecule has 0 fully saturated rings. The van der Waals surface area contributed by atoms with Crippen LogP contribution >= 0.6 is 0 Å². The smallest absolute Gasteiger partial charge is 0.346 e. The van der Waals surface area contributed by atoms with Crippen LogP contribution in [0.2, 0.25) is 0 Å². The lowest BCUT2D eigenvalue weighted by atomic mass is 10.1. The van der Waals surface area contributed by atoms with Crippen LogP contribution in [0.15, 0.2) is 18.2 Å². The molecule has 1 aromatic rings. The van der Waals surface area contributed by atoms with Crippen molar-refractivity contribution in [3.05, 3.63) is 34.9 Å². The topological polar surface area (TPSA) is 63.7 Å². The van der Waals surface area contributed by atoms with E-state index in [9.17, 15) is 14.4 Å². The highest BCUT2D eigenvalue weighted by molar-refractivity contribution is 6.15. The molecule has 5 heteroatoms. The summed E-state index contributed by atoms with van der Waals surface area (Å²) in [4.78, 5) is 35.4. The zero-order chi connectivity index (χ0) is 11.9. The number of amides is 1. The highest BCUT2D eigenvalue weighted by Crippen LogP contribution is 2.21. The minimum Gasteiger partial charge on any atom is -0.386 e. The summed E-state index contributed by atoms with van der Waals surface area (Å²) in [6.07, 6.45) is 0. The fraction of sp³-hybridized carbons (Fsp3) is 0.182. The van der Waals surface area contributed by atoms with Crippen molar-refractivity contribution in [2.45, 2.75) is 0 Å². The lowest BCUT2D eigenvalue weighted by Gasteiger charge is -2.09. The number of hydrogen-bond acceptors (Lipinski definition) is 4. The van der Waals surface area contributed by atoms with Crippen LogP contribution in [0.4, 0.5) is 0 Å². The average Bonchev–Trinajstić information content (AvgIpc) is 2.53. The molecule has 0 unspecified atom stereocenters. The lowest BCUT2D eigenvalue weighted by molar-refractivity contribution is 0.0443. The third-order valence-corrected chi connectivity index (χ3v) is 2.30. The molecule has 0 aliphatic carbocycles. The molecular weight excluding hydrogens is 210 g/mol. The Labute approximate surface area is 91.6 Å². The van der Waals surface area contributed by atoms with Gasteiger partial charge in [-0.3, -0.25) is 4.79 Å². The Morgan fingerprint density at radius 1 is 1.12 bits per heavy atom. The highest BCUT2D eigenvalue weighted by Gasteiger charge is 2.30. The van der Waals surface area contributed by atoms with Crippen LogP contribution in [0, 0.1) is 0 Å². The van der Waals surface area contributed by atoms with Gasteiger partial charge in [0.1, 0.15) is 0 Å². The van der Waals surface area contributed by atoms with E-state index < -0.39 is 11.9 Å². The fourth-order valence-corrected chi connectivity index (χ4v) is 1.48. The first-order valence-corrected chi connectivity index (χ1v) is 4.63. The van der Waals surface area contributed by atoms with Gasteiger partial charge in [-0.15, -0.1) is 0 Å². The first kappa shape index (κ1) is 10.4. The molecule has 1 aromatic carbocycles. The maximum atomic E-state index is 11.6. The van der Waals surface area contributed by atoms with Crippen LogP contribution in [-0.2, 0) is 4.74 Å². The van der Waals surface area contributed by atoms with Gasteiger partial charge in [-0.05, 0) is 18.2 Å². The van der Waals surface area contributed by atoms with E-state index >= 15 is 0 Å². The van der Waals surface area contributed by atoms with Crippen LogP contribution < -0.4 is 0 Å². The molecule has 0 saturated heterocycles. The van der Waals surface area contributed by atoms with Crippen molar-refractivity contribution in [2.24, 2.45) is 0 Å². The Bertz CT molecular complexity index is 505. The highest BCUT2D eigenvalue weighted by atomic mass is 16.6. The lowest BCUT2D eigenvalue weighted by Crippen LogP contribution is -2.21. The molecule has 0 atom stereocenters. The molecule has 1 heterocycles. The molecule has 0 N–H and O–H groups in total. The van der Waals surface area contributed by atoms with Crippen LogP contribution in [0.25, 0.3) is 0 Å². The van der Waals surface area contributed by atoms with Crippen LogP contribution in [-0.4, -0.2) is 36.8 Å². The number of nitrogens with zero attached hydrogens (tertiary/aromatic N) is 1. The van der Waals surface area contributed by atoms with E-state index in [1.54, 1.807) is 14.1 Å². The third-order valence-electron chi connectivity index (χ3n) is 2.30. The van der Waals surface area contributed by atoms with Gasteiger partial charge >= 0.3 is 11.9 Å². The Balaban J connectivity index is 2.48. The van der Waals surface area contributed by atoms with E-state index in [1.807, 2.05) is 0 Å². The molecule has 0 radical (unpaired) electrons. The van der Waals surface area contributed by atoms with E-state index in [1.165, 1.54) is 23.1 Å². The Kier molecular flexibility index (Phi) is 2.23. The van der Waals surface area contributed by atoms with Crippen molar-refractivity contribution < 1.29 is 19.1 Å². The first-order valence-electron chi connectivity index (χ1n) is 4.63. The average molecular weight is 219 g/mol. The maximum Gasteiger partial charge on any atom is 0.346 e. The number of ether oxygens (including phenoxy) is 1. The molecule has 16 heavy (non-hydrogen) atoms. The Hall–Kier alpha value is -2.17. The number of rotatable bonds is 1. The predicted molar refractivity (Wildman–Crippen MR) is 54.2 cm³/mol. The summed E-state index contributed by atoms with van der Waals surface area (Å²) in [5.74, 6) is -1.59. The second kappa shape index (κ2) is 3.44. The number of hydrogen-bond donors (Lipinski definition) is 0. The van der Waals surface area contributed by atoms with Gasteiger partial charge < -0.3 is 9.64 Å². The summed E-state index contributed by atoms with van der Waals surface area (Å²) in [7, 11) is 3.22. The second-order valence-corrected chi connectivity index (χ2v) is 3.64. The molecule has 1 aliphatic heterocycles. The van der Waals surface area contributed by atoms with Gasteiger partial charge in [0.15, 0.2) is 0 Å². The number of benzene rings is 1. The quantitative estimate of drug-likeness (QED) is 0.515. The summed E-state index contributed by atoms with van der Waals surface area (Å²) in [6.45, 7) is 0. The van der Waals surface area contributed by atoms with Crippen LogP contribution in [0.3, 0.4) is 0 Å². The molecule has 0 aromatic heterocycles. The van der Waals surface area contributed by atoms with E-state index in [2.05, 4.69) is 4.74 Å². The van der Waals surface area contributed by atoms with Crippen molar-refractivity contribution in [2.75, 3.05) is 14.1 Å². The van der Waals surface area contributed by atoms with Crippen molar-refractivity contribution >= 4 is 17.8 Å². The zero-order valence-corrected chi connectivity index (χ0v) is 8.81. The van der Waals surface area contributed by atoms with Crippen molar-refractivity contribution in [3.63, 3.8) is 0 Å². The molecule has 0 bridgehead atoms. The number of carbonyl (C=O) groups is 3. The summed E-state index contributed by atoms with van der Waals surface area (Å²) in [5.41, 5.74) is 0.716. The van der Waals surface area contributed by atoms with Gasteiger partial charge in [0.2, 0.25) is 0 Å². The monoisotopic (exact) mass is 219 g/mol. The third kappa shape index (κ3) is 1.46. The maximum absolute atomic E-state index is 11.6. The van der Waals surface area contributed by atoms with Gasteiger partial charge in [-0.25, -0.2) is 9.59 Å². The molecule has 82 valence electrons. The van der Waals surface area contributed by atoms with Gasteiger partial charge in [0, 0.05) is 19.7 Å². The second-order valence-electron chi connectivity index (χ2n) is 3.64. The number of fused-ring (bicyclic) bond motifs is 1. The standard InChI is InChI=1S/C11H9NO4/c1-12(2)9(13)6-3-4-7-8(5-6)11(15)16-10(7)14/h3-5H,1-2H3. The number of cyclic esters (lactones) is 2. The summed E-state index contributed by atoms with van der Waals surface area (Å²) < 4.78 is 4.42. The molecule has 0 spiro atoms. The van der Waals surface area contributed by atoms with Crippen molar-refractivity contribution in [1.82, 2.24) is 4.90 Å². The first-order chi connectivity index (χ1) is 7.50. The molecule has 5 nitrogen and oxygen atoms in total. The SMILES string of the molecule is CN(C)C(=O)c1ccc2c(c1)C(=O)OC2=O. The van der Waals surface area contributed by atoms with E-state index in [4.69, 9.17) is 0 Å². The predicted octanol–water partition coefficient (Wildman–Crippen LogP) is 0.699. The minimum atomic E-state index is -0.701. The van der Waals surface area contributed by atoms with E-state index in [-0.39, 0.29) is 17.0 Å². The van der Waals surface area contributed by atoms with E-state index in [0.717, 1.165) is 0 Å². The minimum absolute atomic E-state index is 0.151. The van der Waals surface area contributed by atoms with Crippen molar-refractivity contribution in [3.8, 4) is 0 Å². The molecule has 0 saturated carbocycles. The summed E-state index contributed by atoms with van der Waals surface area (Å²) in [5, 5.41) is 0. The summed E-state index contributed by atoms with van der Waals surface area (Å²) in [6, 6.07) is 4.31. The molecule has 1 amide bonds. The molecular formula is C11H9NO4. The Morgan fingerprint density at radius 2 is 1.75 bits per heavy atom. The van der Waals surface area contributed by atoms with E-state index in [0.29, 0.717) is 5.56 Å². The number of esters is 2. The van der Waals surface area contributed by atoms with Crippen molar-refractivity contribution in [1.29, 1.82) is 0 Å². The van der Waals surface area contributed by atoms with Gasteiger partial charge in [0.05, 0.1) is 11.1 Å². The molecule has 2 rings (SSSR count). The van der Waals surface area contributed by atoms with Gasteiger partial charge in [-0.2, -0.15) is 0 Å². The van der Waals surface area contributed by atoms with Gasteiger partial charge in [-0.1, -0.05) is 0 Å². The van der Waals surface area contributed by atoms with Crippen LogP contribution in [0.1, 0.15) is 31.1 Å². The Morgan fingerprint density at radius 3 is 2.38 bits per heavy atom. The fourth-order valence-electron chi connectivity index (χ4n) is 1.48. The molecule has 1 aliphatic rings. The van der Waals surface area contributed by atoms with Crippen LogP contribution in [0.5, 0.6) is 0 Å². The van der Waals surface area contributed by atoms with Gasteiger partial charge in [0.25, 0.3) is 5.91 Å². The largest absolute Gasteiger partial charge is 0.386 e. The number of carbonyl (C=O) groups excluding carboxylic acids is 3. The summed E-state index contributed by atoms with van der Waals surface area (Å²) >= 11 is 0. The normalized spacial score (nSPS) is 13.4.